The van der Waals surface area contributed by atoms with E-state index in [0.29, 0.717) is 29.2 Å². The number of methoxy groups -OCH3 is 1. The molecule has 21 heavy (non-hydrogen) atoms. The Hall–Kier alpha value is -2.80. The van der Waals surface area contributed by atoms with Crippen molar-refractivity contribution in [3.05, 3.63) is 59.2 Å². The number of carbonyl (C=O) groups excluding carboxylic acids is 1. The lowest BCUT2D eigenvalue weighted by Gasteiger charge is -2.11. The Bertz CT molecular complexity index is 684. The Labute approximate surface area is 123 Å². The van der Waals surface area contributed by atoms with E-state index in [0.717, 1.165) is 5.56 Å². The van der Waals surface area contributed by atoms with Crippen molar-refractivity contribution in [3.63, 3.8) is 0 Å². The Morgan fingerprint density at radius 3 is 2.48 bits per heavy atom. The fraction of sp³-hybridized carbons (Fsp3) is 0.176. The Morgan fingerprint density at radius 1 is 1.19 bits per heavy atom. The summed E-state index contributed by atoms with van der Waals surface area (Å²) in [6, 6.07) is 14.3. The molecule has 0 aliphatic rings. The van der Waals surface area contributed by atoms with E-state index < -0.39 is 0 Å². The van der Waals surface area contributed by atoms with E-state index >= 15 is 0 Å². The number of carbonyl (C=O) groups is 1. The van der Waals surface area contributed by atoms with E-state index in [1.165, 1.54) is 6.92 Å². The Kier molecular flexibility index (Phi) is 4.57. The van der Waals surface area contributed by atoms with E-state index in [1.807, 2.05) is 12.1 Å². The van der Waals surface area contributed by atoms with Crippen LogP contribution in [0.2, 0.25) is 0 Å². The standard InChI is InChI=1S/C17H15NO3/c1-12(19)16-8-7-15(20-2)9-17(16)21-11-14-5-3-13(10-18)4-6-14/h3-9H,11H2,1-2H3. The third-order valence-electron chi connectivity index (χ3n) is 3.05. The second-order valence-corrected chi connectivity index (χ2v) is 4.52. The van der Waals surface area contributed by atoms with E-state index in [1.54, 1.807) is 37.4 Å². The van der Waals surface area contributed by atoms with Crippen molar-refractivity contribution in [2.75, 3.05) is 7.11 Å². The summed E-state index contributed by atoms with van der Waals surface area (Å²) >= 11 is 0. The zero-order chi connectivity index (χ0) is 15.2. The molecule has 0 saturated carbocycles. The molecule has 0 fully saturated rings. The molecule has 0 heterocycles. The van der Waals surface area contributed by atoms with Crippen LogP contribution in [0, 0.1) is 11.3 Å². The number of benzene rings is 2. The second kappa shape index (κ2) is 6.58. The molecule has 2 aromatic rings. The van der Waals surface area contributed by atoms with Crippen LogP contribution in [-0.2, 0) is 6.61 Å². The van der Waals surface area contributed by atoms with E-state index in [-0.39, 0.29) is 5.78 Å². The average molecular weight is 281 g/mol. The summed E-state index contributed by atoms with van der Waals surface area (Å²) in [4.78, 5) is 11.6. The number of rotatable bonds is 5. The number of hydrogen-bond acceptors (Lipinski definition) is 4. The smallest absolute Gasteiger partial charge is 0.163 e. The molecule has 0 radical (unpaired) electrons. The molecule has 4 heteroatoms. The van der Waals surface area contributed by atoms with E-state index in [4.69, 9.17) is 14.7 Å². The van der Waals surface area contributed by atoms with Crippen LogP contribution in [0.3, 0.4) is 0 Å². The van der Waals surface area contributed by atoms with E-state index in [9.17, 15) is 4.79 Å². The Morgan fingerprint density at radius 2 is 1.90 bits per heavy atom. The summed E-state index contributed by atoms with van der Waals surface area (Å²) in [5.41, 5.74) is 2.04. The van der Waals surface area contributed by atoms with Gasteiger partial charge in [-0.1, -0.05) is 12.1 Å². The molecule has 2 rings (SSSR count). The summed E-state index contributed by atoms with van der Waals surface area (Å²) < 4.78 is 10.9. The van der Waals surface area contributed by atoms with Gasteiger partial charge in [-0.3, -0.25) is 4.79 Å². The Balaban J connectivity index is 2.17. The van der Waals surface area contributed by atoms with Crippen LogP contribution in [0.25, 0.3) is 0 Å². The number of ketones is 1. The van der Waals surface area contributed by atoms with Crippen LogP contribution in [0.4, 0.5) is 0 Å². The molecule has 0 aromatic heterocycles. The maximum atomic E-state index is 11.6. The molecule has 0 amide bonds. The van der Waals surface area contributed by atoms with Crippen LogP contribution in [0.15, 0.2) is 42.5 Å². The molecule has 0 spiro atoms. The zero-order valence-corrected chi connectivity index (χ0v) is 11.9. The zero-order valence-electron chi connectivity index (χ0n) is 11.9. The van der Waals surface area contributed by atoms with Gasteiger partial charge < -0.3 is 9.47 Å². The molecule has 0 aliphatic carbocycles. The van der Waals surface area contributed by atoms with Crippen molar-refractivity contribution in [1.29, 1.82) is 5.26 Å². The van der Waals surface area contributed by atoms with Gasteiger partial charge in [-0.15, -0.1) is 0 Å². The van der Waals surface area contributed by atoms with Crippen molar-refractivity contribution in [2.24, 2.45) is 0 Å². The summed E-state index contributed by atoms with van der Waals surface area (Å²) in [6.45, 7) is 1.82. The number of nitrogens with zero attached hydrogens (tertiary/aromatic N) is 1. The van der Waals surface area contributed by atoms with Crippen molar-refractivity contribution >= 4 is 5.78 Å². The van der Waals surface area contributed by atoms with Gasteiger partial charge in [0.05, 0.1) is 24.3 Å². The molecule has 0 bridgehead atoms. The number of Topliss-reactive ketones (excluding diaryl/α,β-unsaturated/α-hetero) is 1. The van der Waals surface area contributed by atoms with Gasteiger partial charge in [0.2, 0.25) is 0 Å². The average Bonchev–Trinajstić information content (AvgIpc) is 2.52. The first kappa shape index (κ1) is 14.6. The number of nitriles is 1. The molecule has 0 aliphatic heterocycles. The van der Waals surface area contributed by atoms with Gasteiger partial charge >= 0.3 is 0 Å². The molecule has 0 atom stereocenters. The van der Waals surface area contributed by atoms with Gasteiger partial charge in [-0.25, -0.2) is 0 Å². The SMILES string of the molecule is COc1ccc(C(C)=O)c(OCc2ccc(C#N)cc2)c1. The molecule has 0 saturated heterocycles. The highest BCUT2D eigenvalue weighted by molar-refractivity contribution is 5.97. The summed E-state index contributed by atoms with van der Waals surface area (Å²) in [5, 5.41) is 8.76. The van der Waals surface area contributed by atoms with Crippen molar-refractivity contribution in [1.82, 2.24) is 0 Å². The molecule has 2 aromatic carbocycles. The number of ether oxygens (including phenoxy) is 2. The largest absolute Gasteiger partial charge is 0.497 e. The lowest BCUT2D eigenvalue weighted by molar-refractivity contribution is 0.101. The minimum Gasteiger partial charge on any atom is -0.497 e. The van der Waals surface area contributed by atoms with Crippen molar-refractivity contribution < 1.29 is 14.3 Å². The first-order chi connectivity index (χ1) is 10.1. The molecule has 106 valence electrons. The first-order valence-electron chi connectivity index (χ1n) is 6.45. The summed E-state index contributed by atoms with van der Waals surface area (Å²) in [7, 11) is 1.56. The fourth-order valence-electron chi connectivity index (χ4n) is 1.88. The molecular weight excluding hydrogens is 266 g/mol. The van der Waals surface area contributed by atoms with Crippen LogP contribution in [0.1, 0.15) is 28.4 Å². The molecule has 0 N–H and O–H groups in total. The maximum absolute atomic E-state index is 11.6. The third-order valence-corrected chi connectivity index (χ3v) is 3.05. The van der Waals surface area contributed by atoms with Gasteiger partial charge in [0.15, 0.2) is 5.78 Å². The van der Waals surface area contributed by atoms with Crippen molar-refractivity contribution in [2.45, 2.75) is 13.5 Å². The minimum absolute atomic E-state index is 0.0625. The molecule has 0 unspecified atom stereocenters. The van der Waals surface area contributed by atoms with Gasteiger partial charge in [0, 0.05) is 6.07 Å². The molecule has 4 nitrogen and oxygen atoms in total. The monoisotopic (exact) mass is 281 g/mol. The van der Waals surface area contributed by atoms with E-state index in [2.05, 4.69) is 6.07 Å². The lowest BCUT2D eigenvalue weighted by atomic mass is 10.1. The third kappa shape index (κ3) is 3.61. The normalized spacial score (nSPS) is 9.76. The number of hydrogen-bond donors (Lipinski definition) is 0. The maximum Gasteiger partial charge on any atom is 0.163 e. The lowest BCUT2D eigenvalue weighted by Crippen LogP contribution is -2.02. The first-order valence-corrected chi connectivity index (χ1v) is 6.45. The van der Waals surface area contributed by atoms with Crippen LogP contribution in [0.5, 0.6) is 11.5 Å². The predicted molar refractivity (Wildman–Crippen MR) is 78.5 cm³/mol. The van der Waals surface area contributed by atoms with Crippen LogP contribution < -0.4 is 9.47 Å². The molecular formula is C17H15NO3. The van der Waals surface area contributed by atoms with Gasteiger partial charge in [0.25, 0.3) is 0 Å². The van der Waals surface area contributed by atoms with Crippen LogP contribution in [-0.4, -0.2) is 12.9 Å². The predicted octanol–water partition coefficient (Wildman–Crippen LogP) is 3.35. The quantitative estimate of drug-likeness (QED) is 0.788. The highest BCUT2D eigenvalue weighted by Gasteiger charge is 2.10. The summed E-state index contributed by atoms with van der Waals surface area (Å²) in [6.07, 6.45) is 0. The topological polar surface area (TPSA) is 59.3 Å². The van der Waals surface area contributed by atoms with Gasteiger partial charge in [-0.2, -0.15) is 5.26 Å². The van der Waals surface area contributed by atoms with Gasteiger partial charge in [-0.05, 0) is 36.8 Å². The summed E-state index contributed by atoms with van der Waals surface area (Å²) in [5.74, 6) is 1.06. The second-order valence-electron chi connectivity index (χ2n) is 4.52. The highest BCUT2D eigenvalue weighted by Crippen LogP contribution is 2.26. The van der Waals surface area contributed by atoms with Crippen molar-refractivity contribution in [3.8, 4) is 17.6 Å². The van der Waals surface area contributed by atoms with Crippen LogP contribution >= 0.6 is 0 Å². The highest BCUT2D eigenvalue weighted by atomic mass is 16.5. The minimum atomic E-state index is -0.0625. The van der Waals surface area contributed by atoms with Gasteiger partial charge in [0.1, 0.15) is 18.1 Å². The fourth-order valence-corrected chi connectivity index (χ4v) is 1.88.